The van der Waals surface area contributed by atoms with E-state index in [0.29, 0.717) is 28.4 Å². The Morgan fingerprint density at radius 2 is 1.81 bits per heavy atom. The fourth-order valence-electron chi connectivity index (χ4n) is 3.44. The van der Waals surface area contributed by atoms with E-state index in [2.05, 4.69) is 26.4 Å². The van der Waals surface area contributed by atoms with Gasteiger partial charge in [0.25, 0.3) is 5.91 Å². The molecule has 0 unspecified atom stereocenters. The zero-order chi connectivity index (χ0) is 22.0. The number of ether oxygens (including phenoxy) is 2. The third-order valence-corrected chi connectivity index (χ3v) is 4.75. The molecule has 0 spiro atoms. The van der Waals surface area contributed by atoms with Gasteiger partial charge in [-0.3, -0.25) is 4.79 Å². The first-order valence-electron chi connectivity index (χ1n) is 9.79. The Hall–Kier alpha value is -3.94. The van der Waals surface area contributed by atoms with Crippen molar-refractivity contribution in [3.05, 3.63) is 65.6 Å². The lowest BCUT2D eigenvalue weighted by atomic mass is 10.1. The fraction of sp³-hybridized carbons (Fsp3) is 0.217. The molecule has 1 amide bonds. The molecule has 1 N–H and O–H groups in total. The molecule has 0 saturated carbocycles. The normalized spacial score (nSPS) is 10.8. The first kappa shape index (κ1) is 20.3. The Morgan fingerprint density at radius 3 is 2.55 bits per heavy atom. The smallest absolute Gasteiger partial charge is 0.262 e. The topological polar surface area (TPSA) is 91.2 Å². The summed E-state index contributed by atoms with van der Waals surface area (Å²) in [6.45, 7) is 5.80. The lowest BCUT2D eigenvalue weighted by Crippen LogP contribution is -2.21. The molecular weight excluding hydrogens is 394 g/mol. The highest BCUT2D eigenvalue weighted by molar-refractivity contribution is 5.93. The lowest BCUT2D eigenvalue weighted by molar-refractivity contribution is -0.118. The number of methoxy groups -OCH3 is 1. The van der Waals surface area contributed by atoms with Crippen molar-refractivity contribution in [2.24, 2.45) is 0 Å². The van der Waals surface area contributed by atoms with Gasteiger partial charge in [-0.2, -0.15) is 5.10 Å². The Morgan fingerprint density at radius 1 is 1.03 bits per heavy atom. The van der Waals surface area contributed by atoms with Crippen LogP contribution in [0.3, 0.4) is 0 Å². The van der Waals surface area contributed by atoms with Gasteiger partial charge in [0, 0.05) is 0 Å². The Kier molecular flexibility index (Phi) is 5.53. The van der Waals surface area contributed by atoms with Crippen LogP contribution >= 0.6 is 0 Å². The number of nitrogens with zero attached hydrogens (tertiary/aromatic N) is 4. The first-order valence-corrected chi connectivity index (χ1v) is 9.79. The van der Waals surface area contributed by atoms with Gasteiger partial charge in [-0.05, 0) is 61.7 Å². The van der Waals surface area contributed by atoms with E-state index in [9.17, 15) is 4.79 Å². The van der Waals surface area contributed by atoms with Crippen molar-refractivity contribution in [2.45, 2.75) is 20.8 Å². The molecule has 4 rings (SSSR count). The maximum absolute atomic E-state index is 12.4. The predicted molar refractivity (Wildman–Crippen MR) is 118 cm³/mol. The van der Waals surface area contributed by atoms with Crippen LogP contribution in [0.15, 0.2) is 48.9 Å². The molecule has 2 aromatic carbocycles. The second kappa shape index (κ2) is 8.43. The van der Waals surface area contributed by atoms with Crippen LogP contribution in [0.4, 0.5) is 5.69 Å². The van der Waals surface area contributed by atoms with Crippen molar-refractivity contribution in [3.8, 4) is 17.3 Å². The Balaban J connectivity index is 1.54. The molecule has 31 heavy (non-hydrogen) atoms. The average molecular weight is 417 g/mol. The molecule has 0 saturated heterocycles. The van der Waals surface area contributed by atoms with E-state index in [1.165, 1.54) is 6.33 Å². The van der Waals surface area contributed by atoms with Crippen LogP contribution in [0, 0.1) is 20.8 Å². The summed E-state index contributed by atoms with van der Waals surface area (Å²) in [6.07, 6.45) is 3.05. The van der Waals surface area contributed by atoms with E-state index < -0.39 is 0 Å². The number of hydrogen-bond acceptors (Lipinski definition) is 6. The number of hydrogen-bond donors (Lipinski definition) is 1. The monoisotopic (exact) mass is 417 g/mol. The minimum absolute atomic E-state index is 0.210. The summed E-state index contributed by atoms with van der Waals surface area (Å²) in [6, 6.07) is 11.7. The highest BCUT2D eigenvalue weighted by Gasteiger charge is 2.15. The average Bonchev–Trinajstić information content (AvgIpc) is 3.16. The highest BCUT2D eigenvalue weighted by Crippen LogP contribution is 2.26. The number of aromatic nitrogens is 4. The summed E-state index contributed by atoms with van der Waals surface area (Å²) in [5.74, 6) is 0.558. The molecule has 8 nitrogen and oxygen atoms in total. The van der Waals surface area contributed by atoms with Crippen molar-refractivity contribution < 1.29 is 14.3 Å². The Labute approximate surface area is 179 Å². The third-order valence-electron chi connectivity index (χ3n) is 4.75. The van der Waals surface area contributed by atoms with Gasteiger partial charge in [0.15, 0.2) is 12.3 Å². The molecule has 0 aliphatic rings. The molecule has 0 radical (unpaired) electrons. The lowest BCUT2D eigenvalue weighted by Gasteiger charge is -2.11. The van der Waals surface area contributed by atoms with Crippen LogP contribution in [0.25, 0.3) is 16.7 Å². The molecule has 0 atom stereocenters. The number of fused-ring (bicyclic) bond motifs is 1. The van der Waals surface area contributed by atoms with Crippen molar-refractivity contribution in [2.75, 3.05) is 19.0 Å². The first-order chi connectivity index (χ1) is 14.9. The van der Waals surface area contributed by atoms with Gasteiger partial charge in [0.05, 0.1) is 24.7 Å². The molecule has 158 valence electrons. The van der Waals surface area contributed by atoms with Crippen LogP contribution in [0.2, 0.25) is 0 Å². The molecule has 2 heterocycles. The third kappa shape index (κ3) is 4.32. The maximum Gasteiger partial charge on any atom is 0.262 e. The number of carbonyl (C=O) groups is 1. The van der Waals surface area contributed by atoms with E-state index in [1.807, 2.05) is 45.0 Å². The van der Waals surface area contributed by atoms with Crippen molar-refractivity contribution >= 4 is 22.6 Å². The fourth-order valence-corrected chi connectivity index (χ4v) is 3.44. The number of aryl methyl sites for hydroxylation is 3. The molecule has 0 aliphatic heterocycles. The van der Waals surface area contributed by atoms with Gasteiger partial charge < -0.3 is 14.8 Å². The summed E-state index contributed by atoms with van der Waals surface area (Å²) < 4.78 is 12.7. The van der Waals surface area contributed by atoms with Crippen LogP contribution in [-0.2, 0) is 4.79 Å². The van der Waals surface area contributed by atoms with E-state index in [4.69, 9.17) is 9.47 Å². The number of rotatable bonds is 6. The highest BCUT2D eigenvalue weighted by atomic mass is 16.5. The SMILES string of the molecule is COc1ccc(C)cc1NC(=O)COc1ncnc2c1cnn2-c1cc(C)cc(C)c1. The standard InChI is InChI=1S/C23H23N5O3/c1-14-5-6-20(30-4)19(10-14)27-21(29)12-31-23-18-11-26-28(22(18)24-13-25-23)17-8-15(2)7-16(3)9-17/h5-11,13H,12H2,1-4H3,(H,27,29). The number of nitrogens with one attached hydrogen (secondary N) is 1. The van der Waals surface area contributed by atoms with Crippen LogP contribution in [-0.4, -0.2) is 39.4 Å². The van der Waals surface area contributed by atoms with Crippen LogP contribution in [0.1, 0.15) is 16.7 Å². The van der Waals surface area contributed by atoms with Crippen molar-refractivity contribution in [1.82, 2.24) is 19.7 Å². The molecular formula is C23H23N5O3. The van der Waals surface area contributed by atoms with Crippen molar-refractivity contribution in [3.63, 3.8) is 0 Å². The maximum atomic E-state index is 12.4. The number of amides is 1. The van der Waals surface area contributed by atoms with E-state index >= 15 is 0 Å². The molecule has 0 fully saturated rings. The number of carbonyl (C=O) groups excluding carboxylic acids is 1. The van der Waals surface area contributed by atoms with Gasteiger partial charge in [0.1, 0.15) is 17.5 Å². The van der Waals surface area contributed by atoms with Gasteiger partial charge in [-0.25, -0.2) is 14.6 Å². The molecule has 4 aromatic rings. The summed E-state index contributed by atoms with van der Waals surface area (Å²) in [5.41, 5.74) is 5.37. The largest absolute Gasteiger partial charge is 0.495 e. The molecule has 0 aliphatic carbocycles. The van der Waals surface area contributed by atoms with E-state index in [1.54, 1.807) is 24.1 Å². The predicted octanol–water partition coefficient (Wildman–Crippen LogP) is 3.77. The zero-order valence-corrected chi connectivity index (χ0v) is 17.8. The second-order valence-electron chi connectivity index (χ2n) is 7.36. The summed E-state index contributed by atoms with van der Waals surface area (Å²) in [7, 11) is 1.56. The zero-order valence-electron chi connectivity index (χ0n) is 17.8. The molecule has 2 aromatic heterocycles. The van der Waals surface area contributed by atoms with Gasteiger partial charge in [-0.15, -0.1) is 0 Å². The summed E-state index contributed by atoms with van der Waals surface area (Å²) >= 11 is 0. The summed E-state index contributed by atoms with van der Waals surface area (Å²) in [5, 5.41) is 7.89. The quantitative estimate of drug-likeness (QED) is 0.514. The van der Waals surface area contributed by atoms with Gasteiger partial charge in [0.2, 0.25) is 5.88 Å². The molecule has 8 heteroatoms. The van der Waals surface area contributed by atoms with Crippen molar-refractivity contribution in [1.29, 1.82) is 0 Å². The Bertz CT molecular complexity index is 1250. The van der Waals surface area contributed by atoms with Gasteiger partial charge >= 0.3 is 0 Å². The van der Waals surface area contributed by atoms with Gasteiger partial charge in [-0.1, -0.05) is 12.1 Å². The van der Waals surface area contributed by atoms with E-state index in [-0.39, 0.29) is 12.5 Å². The van der Waals surface area contributed by atoms with E-state index in [0.717, 1.165) is 22.4 Å². The summed E-state index contributed by atoms with van der Waals surface area (Å²) in [4.78, 5) is 21.0. The van der Waals surface area contributed by atoms with Crippen LogP contribution in [0.5, 0.6) is 11.6 Å². The second-order valence-corrected chi connectivity index (χ2v) is 7.36. The minimum Gasteiger partial charge on any atom is -0.495 e. The number of anilines is 1. The van der Waals surface area contributed by atoms with Crippen LogP contribution < -0.4 is 14.8 Å². The number of benzene rings is 2. The minimum atomic E-state index is -0.322. The molecule has 0 bridgehead atoms.